The Balaban J connectivity index is 1.96. The first-order valence-corrected chi connectivity index (χ1v) is 10.1. The quantitative estimate of drug-likeness (QED) is 0.581. The summed E-state index contributed by atoms with van der Waals surface area (Å²) in [6.07, 6.45) is 4.29. The summed E-state index contributed by atoms with van der Waals surface area (Å²) < 4.78 is 1.99. The van der Waals surface area contributed by atoms with Gasteiger partial charge in [0.1, 0.15) is 5.25 Å². The summed E-state index contributed by atoms with van der Waals surface area (Å²) in [5, 5.41) is 13.4. The van der Waals surface area contributed by atoms with Crippen molar-refractivity contribution >= 4 is 23.7 Å². The molecule has 0 fully saturated rings. The van der Waals surface area contributed by atoms with Crippen molar-refractivity contribution in [3.8, 4) is 11.4 Å². The third-order valence-corrected chi connectivity index (χ3v) is 5.36. The van der Waals surface area contributed by atoms with Crippen molar-refractivity contribution in [3.63, 3.8) is 0 Å². The number of nitrogens with zero attached hydrogens (tertiary/aromatic N) is 4. The summed E-state index contributed by atoms with van der Waals surface area (Å²) in [6, 6.07) is 12.5. The summed E-state index contributed by atoms with van der Waals surface area (Å²) in [5.41, 5.74) is 1.68. The van der Waals surface area contributed by atoms with Crippen LogP contribution in [0.4, 0.5) is 4.79 Å². The summed E-state index contributed by atoms with van der Waals surface area (Å²) in [4.78, 5) is 28.5. The highest BCUT2D eigenvalue weighted by Gasteiger charge is 2.27. The normalized spacial score (nSPS) is 11.7. The lowest BCUT2D eigenvalue weighted by atomic mass is 10.1. The molecule has 150 valence electrons. The number of amides is 3. The maximum absolute atomic E-state index is 12.8. The van der Waals surface area contributed by atoms with E-state index in [0.717, 1.165) is 23.4 Å². The molecular formula is C20H22N6O2S. The van der Waals surface area contributed by atoms with Crippen LogP contribution in [0.3, 0.4) is 0 Å². The Hall–Kier alpha value is -3.20. The standard InChI is InChI=1S/C20H22N6O2S/c1-3-13-26-17(15-9-11-22-12-10-15)24-25-20(26)29-16(14-7-5-4-6-8-14)18(27)23-19(28)21-2/h4-12,16H,3,13H2,1-2H3,(H2,21,23,27,28)/t16-/m0/s1. The molecule has 0 aliphatic heterocycles. The minimum absolute atomic E-state index is 0.419. The van der Waals surface area contributed by atoms with E-state index in [9.17, 15) is 9.59 Å². The number of nitrogens with one attached hydrogen (secondary N) is 2. The summed E-state index contributed by atoms with van der Waals surface area (Å²) in [7, 11) is 1.46. The zero-order chi connectivity index (χ0) is 20.6. The molecular weight excluding hydrogens is 388 g/mol. The van der Waals surface area contributed by atoms with Gasteiger partial charge in [-0.15, -0.1) is 10.2 Å². The minimum Gasteiger partial charge on any atom is -0.341 e. The summed E-state index contributed by atoms with van der Waals surface area (Å²) in [5.74, 6) is 0.298. The molecule has 3 amide bonds. The second kappa shape index (κ2) is 9.83. The predicted octanol–water partition coefficient (Wildman–Crippen LogP) is 3.04. The van der Waals surface area contributed by atoms with Crippen molar-refractivity contribution < 1.29 is 9.59 Å². The van der Waals surface area contributed by atoms with E-state index in [1.807, 2.05) is 47.0 Å². The molecule has 0 spiro atoms. The number of pyridine rings is 1. The van der Waals surface area contributed by atoms with Gasteiger partial charge in [-0.2, -0.15) is 0 Å². The fraction of sp³-hybridized carbons (Fsp3) is 0.250. The van der Waals surface area contributed by atoms with Crippen LogP contribution in [-0.2, 0) is 11.3 Å². The molecule has 8 nitrogen and oxygen atoms in total. The van der Waals surface area contributed by atoms with Gasteiger partial charge in [-0.25, -0.2) is 4.79 Å². The molecule has 0 saturated carbocycles. The van der Waals surface area contributed by atoms with E-state index in [0.29, 0.717) is 11.7 Å². The van der Waals surface area contributed by atoms with Crippen molar-refractivity contribution in [1.82, 2.24) is 30.4 Å². The molecule has 2 aromatic heterocycles. The number of carbonyl (C=O) groups is 2. The molecule has 9 heteroatoms. The van der Waals surface area contributed by atoms with Crippen LogP contribution in [0.15, 0.2) is 60.0 Å². The Kier molecular flexibility index (Phi) is 6.96. The van der Waals surface area contributed by atoms with Gasteiger partial charge in [0.2, 0.25) is 5.91 Å². The van der Waals surface area contributed by atoms with Crippen molar-refractivity contribution in [2.24, 2.45) is 0 Å². The first-order chi connectivity index (χ1) is 14.1. The predicted molar refractivity (Wildman–Crippen MR) is 111 cm³/mol. The molecule has 0 radical (unpaired) electrons. The van der Waals surface area contributed by atoms with Gasteiger partial charge in [-0.1, -0.05) is 49.0 Å². The maximum Gasteiger partial charge on any atom is 0.321 e. The van der Waals surface area contributed by atoms with Crippen LogP contribution in [0, 0.1) is 0 Å². The number of urea groups is 1. The third-order valence-electron chi connectivity index (χ3n) is 4.13. The SMILES string of the molecule is CCCn1c(S[C@H](C(=O)NC(=O)NC)c2ccccc2)nnc1-c1ccncc1. The average Bonchev–Trinajstić information content (AvgIpc) is 3.15. The largest absolute Gasteiger partial charge is 0.341 e. The summed E-state index contributed by atoms with van der Waals surface area (Å²) in [6.45, 7) is 2.77. The van der Waals surface area contributed by atoms with Crippen molar-refractivity contribution in [3.05, 3.63) is 60.4 Å². The van der Waals surface area contributed by atoms with Gasteiger partial charge < -0.3 is 9.88 Å². The van der Waals surface area contributed by atoms with E-state index < -0.39 is 17.2 Å². The van der Waals surface area contributed by atoms with E-state index in [4.69, 9.17) is 0 Å². The number of rotatable bonds is 7. The van der Waals surface area contributed by atoms with Crippen molar-refractivity contribution in [1.29, 1.82) is 0 Å². The van der Waals surface area contributed by atoms with Crippen LogP contribution in [0.5, 0.6) is 0 Å². The number of hydrogen-bond donors (Lipinski definition) is 2. The highest BCUT2D eigenvalue weighted by atomic mass is 32.2. The van der Waals surface area contributed by atoms with Gasteiger partial charge in [0.05, 0.1) is 0 Å². The highest BCUT2D eigenvalue weighted by Crippen LogP contribution is 2.36. The van der Waals surface area contributed by atoms with Gasteiger partial charge in [0.15, 0.2) is 11.0 Å². The molecule has 3 rings (SSSR count). The Morgan fingerprint density at radius 1 is 1.10 bits per heavy atom. The zero-order valence-electron chi connectivity index (χ0n) is 16.2. The Bertz CT molecular complexity index is 962. The Morgan fingerprint density at radius 3 is 2.48 bits per heavy atom. The highest BCUT2D eigenvalue weighted by molar-refractivity contribution is 8.00. The molecule has 1 atom stereocenters. The van der Waals surface area contributed by atoms with Gasteiger partial charge in [0.25, 0.3) is 0 Å². The number of carbonyl (C=O) groups excluding carboxylic acids is 2. The van der Waals surface area contributed by atoms with Gasteiger partial charge in [-0.05, 0) is 24.1 Å². The molecule has 2 heterocycles. The molecule has 0 aliphatic rings. The lowest BCUT2D eigenvalue weighted by molar-refractivity contribution is -0.119. The van der Waals surface area contributed by atoms with Crippen LogP contribution in [-0.4, -0.2) is 38.7 Å². The molecule has 29 heavy (non-hydrogen) atoms. The first-order valence-electron chi connectivity index (χ1n) is 9.21. The van der Waals surface area contributed by atoms with Crippen LogP contribution in [0.25, 0.3) is 11.4 Å². The number of benzene rings is 1. The van der Waals surface area contributed by atoms with Crippen molar-refractivity contribution in [2.45, 2.75) is 30.3 Å². The van der Waals surface area contributed by atoms with Crippen LogP contribution >= 0.6 is 11.8 Å². The molecule has 3 aromatic rings. The second-order valence-corrected chi connectivity index (χ2v) is 7.24. The Labute approximate surface area is 173 Å². The maximum atomic E-state index is 12.8. The fourth-order valence-electron chi connectivity index (χ4n) is 2.76. The molecule has 0 bridgehead atoms. The van der Waals surface area contributed by atoms with E-state index in [2.05, 4.69) is 32.7 Å². The Morgan fingerprint density at radius 2 is 1.83 bits per heavy atom. The monoisotopic (exact) mass is 410 g/mol. The fourth-order valence-corrected chi connectivity index (χ4v) is 3.82. The number of thioether (sulfide) groups is 1. The molecule has 1 aromatic carbocycles. The number of hydrogen-bond acceptors (Lipinski definition) is 6. The van der Waals surface area contributed by atoms with Crippen molar-refractivity contribution in [2.75, 3.05) is 7.05 Å². The van der Waals surface area contributed by atoms with Crippen LogP contribution < -0.4 is 10.6 Å². The smallest absolute Gasteiger partial charge is 0.321 e. The van der Waals surface area contributed by atoms with E-state index in [-0.39, 0.29) is 0 Å². The first kappa shape index (κ1) is 20.5. The molecule has 0 aliphatic carbocycles. The van der Waals surface area contributed by atoms with Gasteiger partial charge in [-0.3, -0.25) is 15.1 Å². The van der Waals surface area contributed by atoms with E-state index in [1.165, 1.54) is 18.8 Å². The average molecular weight is 411 g/mol. The minimum atomic E-state index is -0.654. The number of imide groups is 1. The number of aromatic nitrogens is 4. The summed E-state index contributed by atoms with van der Waals surface area (Å²) >= 11 is 1.27. The zero-order valence-corrected chi connectivity index (χ0v) is 17.0. The molecule has 0 unspecified atom stereocenters. The lowest BCUT2D eigenvalue weighted by Crippen LogP contribution is -2.39. The lowest BCUT2D eigenvalue weighted by Gasteiger charge is -2.17. The van der Waals surface area contributed by atoms with E-state index in [1.54, 1.807) is 12.4 Å². The second-order valence-electron chi connectivity index (χ2n) is 6.17. The molecule has 2 N–H and O–H groups in total. The van der Waals surface area contributed by atoms with Gasteiger partial charge in [0, 0.05) is 31.5 Å². The van der Waals surface area contributed by atoms with Crippen LogP contribution in [0.1, 0.15) is 24.2 Å². The van der Waals surface area contributed by atoms with E-state index >= 15 is 0 Å². The third kappa shape index (κ3) is 5.00. The topological polar surface area (TPSA) is 102 Å². The van der Waals surface area contributed by atoms with Crippen LogP contribution in [0.2, 0.25) is 0 Å². The molecule has 0 saturated heterocycles. The van der Waals surface area contributed by atoms with Gasteiger partial charge >= 0.3 is 6.03 Å².